The molecule has 9 rings (SSSR count). The summed E-state index contributed by atoms with van der Waals surface area (Å²) in [5.41, 5.74) is 12.3. The monoisotopic (exact) mass is 585 g/mol. The maximum Gasteiger partial charge on any atom is 0.0991 e. The van der Waals surface area contributed by atoms with Crippen molar-refractivity contribution >= 4 is 43.6 Å². The zero-order valence-corrected chi connectivity index (χ0v) is 24.9. The molecule has 0 amide bonds. The Labute approximate surface area is 266 Å². The highest BCUT2D eigenvalue weighted by Crippen LogP contribution is 2.38. The van der Waals surface area contributed by atoms with Gasteiger partial charge in [0.1, 0.15) is 0 Å². The van der Waals surface area contributed by atoms with Gasteiger partial charge in [0, 0.05) is 32.9 Å². The standard InChI is InChI=1S/C43H27N3/c44-28-29-14-20-34(21-15-29)45-40-12-6-4-10-36(40)38-26-32(18-24-42(38)45)33-19-25-43-39(27-33)37-11-5-7-13-41(37)46(43)35-22-16-31(17-23-35)30-8-2-1-3-9-30/h1-27H. The number of benzene rings is 7. The molecule has 0 N–H and O–H groups in total. The molecule has 0 aliphatic heterocycles. The minimum Gasteiger partial charge on any atom is -0.309 e. The van der Waals surface area contributed by atoms with E-state index in [2.05, 4.69) is 155 Å². The molecule has 0 saturated heterocycles. The highest BCUT2D eigenvalue weighted by Gasteiger charge is 2.16. The normalized spacial score (nSPS) is 11.5. The van der Waals surface area contributed by atoms with Crippen molar-refractivity contribution in [2.24, 2.45) is 0 Å². The van der Waals surface area contributed by atoms with Crippen LogP contribution in [0.3, 0.4) is 0 Å². The molecule has 3 heteroatoms. The number of hydrogen-bond donors (Lipinski definition) is 0. The fourth-order valence-electron chi connectivity index (χ4n) is 6.98. The van der Waals surface area contributed by atoms with Crippen molar-refractivity contribution in [2.45, 2.75) is 0 Å². The molecule has 2 heterocycles. The Balaban J connectivity index is 1.19. The van der Waals surface area contributed by atoms with E-state index in [1.165, 1.54) is 54.8 Å². The zero-order valence-electron chi connectivity index (χ0n) is 24.9. The SMILES string of the molecule is N#Cc1ccc(-n2c3ccccc3c3cc(-c4ccc5c(c4)c4ccccc4n5-c4ccc(-c5ccccc5)cc4)ccc32)cc1. The first-order chi connectivity index (χ1) is 22.8. The third-order valence-electron chi connectivity index (χ3n) is 9.17. The van der Waals surface area contributed by atoms with Gasteiger partial charge in [-0.2, -0.15) is 5.26 Å². The molecule has 0 unspecified atom stereocenters. The first kappa shape index (κ1) is 26.1. The maximum atomic E-state index is 9.32. The summed E-state index contributed by atoms with van der Waals surface area (Å²) in [6.07, 6.45) is 0. The summed E-state index contributed by atoms with van der Waals surface area (Å²) in [5.74, 6) is 0. The van der Waals surface area contributed by atoms with Crippen molar-refractivity contribution in [3.05, 3.63) is 169 Å². The van der Waals surface area contributed by atoms with E-state index in [-0.39, 0.29) is 0 Å². The number of nitrogens with zero attached hydrogens (tertiary/aromatic N) is 3. The Kier molecular flexibility index (Phi) is 5.88. The number of nitriles is 1. The molecule has 0 radical (unpaired) electrons. The van der Waals surface area contributed by atoms with Crippen molar-refractivity contribution in [3.63, 3.8) is 0 Å². The number of fused-ring (bicyclic) bond motifs is 6. The second-order valence-electron chi connectivity index (χ2n) is 11.7. The lowest BCUT2D eigenvalue weighted by atomic mass is 10.0. The largest absolute Gasteiger partial charge is 0.309 e. The predicted molar refractivity (Wildman–Crippen MR) is 191 cm³/mol. The van der Waals surface area contributed by atoms with Gasteiger partial charge < -0.3 is 9.13 Å². The van der Waals surface area contributed by atoms with E-state index in [0.29, 0.717) is 5.56 Å². The van der Waals surface area contributed by atoms with Crippen LogP contribution in [0.15, 0.2) is 164 Å². The van der Waals surface area contributed by atoms with Crippen LogP contribution in [0.5, 0.6) is 0 Å². The highest BCUT2D eigenvalue weighted by atomic mass is 15.0. The van der Waals surface area contributed by atoms with Gasteiger partial charge in [0.25, 0.3) is 0 Å². The average Bonchev–Trinajstić information content (AvgIpc) is 3.64. The molecule has 0 bridgehead atoms. The van der Waals surface area contributed by atoms with Gasteiger partial charge in [-0.15, -0.1) is 0 Å². The van der Waals surface area contributed by atoms with Gasteiger partial charge in [-0.25, -0.2) is 0 Å². The topological polar surface area (TPSA) is 33.6 Å². The second-order valence-corrected chi connectivity index (χ2v) is 11.7. The summed E-state index contributed by atoms with van der Waals surface area (Å²) >= 11 is 0. The molecule has 46 heavy (non-hydrogen) atoms. The summed E-state index contributed by atoms with van der Waals surface area (Å²) in [4.78, 5) is 0. The van der Waals surface area contributed by atoms with Gasteiger partial charge in [0.05, 0.1) is 33.7 Å². The molecular weight excluding hydrogens is 558 g/mol. The Morgan fingerprint density at radius 2 is 0.761 bits per heavy atom. The van der Waals surface area contributed by atoms with Crippen LogP contribution in [0.4, 0.5) is 0 Å². The molecule has 0 spiro atoms. The Morgan fingerprint density at radius 3 is 1.28 bits per heavy atom. The van der Waals surface area contributed by atoms with Crippen LogP contribution < -0.4 is 0 Å². The molecule has 214 valence electrons. The fraction of sp³-hybridized carbons (Fsp3) is 0. The average molecular weight is 586 g/mol. The zero-order chi connectivity index (χ0) is 30.6. The third kappa shape index (κ3) is 4.05. The summed E-state index contributed by atoms with van der Waals surface area (Å²) < 4.78 is 4.66. The predicted octanol–water partition coefficient (Wildman–Crippen LogP) is 11.1. The Hall–Kier alpha value is -6.37. The fourth-order valence-corrected chi connectivity index (χ4v) is 6.98. The van der Waals surface area contributed by atoms with Gasteiger partial charge in [0.15, 0.2) is 0 Å². The van der Waals surface area contributed by atoms with E-state index >= 15 is 0 Å². The van der Waals surface area contributed by atoms with E-state index in [9.17, 15) is 5.26 Å². The minimum atomic E-state index is 0.660. The number of hydrogen-bond acceptors (Lipinski definition) is 1. The molecular formula is C43H27N3. The van der Waals surface area contributed by atoms with Crippen LogP contribution in [-0.2, 0) is 0 Å². The van der Waals surface area contributed by atoms with E-state index in [1.807, 2.05) is 24.3 Å². The van der Waals surface area contributed by atoms with Gasteiger partial charge in [-0.05, 0) is 95.1 Å². The second kappa shape index (κ2) is 10.4. The molecule has 0 aliphatic carbocycles. The lowest BCUT2D eigenvalue weighted by molar-refractivity contribution is 1.18. The van der Waals surface area contributed by atoms with Crippen molar-refractivity contribution in [1.29, 1.82) is 5.26 Å². The highest BCUT2D eigenvalue weighted by molar-refractivity contribution is 6.12. The van der Waals surface area contributed by atoms with Crippen molar-refractivity contribution in [2.75, 3.05) is 0 Å². The quantitative estimate of drug-likeness (QED) is 0.202. The van der Waals surface area contributed by atoms with Crippen LogP contribution in [0.1, 0.15) is 5.56 Å². The van der Waals surface area contributed by atoms with Crippen LogP contribution >= 0.6 is 0 Å². The third-order valence-corrected chi connectivity index (χ3v) is 9.17. The van der Waals surface area contributed by atoms with E-state index in [0.717, 1.165) is 22.4 Å². The molecule has 9 aromatic rings. The minimum absolute atomic E-state index is 0.660. The van der Waals surface area contributed by atoms with Crippen molar-refractivity contribution in [1.82, 2.24) is 9.13 Å². The maximum absolute atomic E-state index is 9.32. The van der Waals surface area contributed by atoms with Crippen LogP contribution in [0.2, 0.25) is 0 Å². The number of aromatic nitrogens is 2. The summed E-state index contributed by atoms with van der Waals surface area (Å²) in [5, 5.41) is 14.2. The van der Waals surface area contributed by atoms with Gasteiger partial charge in [-0.3, -0.25) is 0 Å². The summed E-state index contributed by atoms with van der Waals surface area (Å²) in [7, 11) is 0. The Bertz CT molecular complexity index is 2610. The summed E-state index contributed by atoms with van der Waals surface area (Å²) in [6, 6.07) is 60.3. The smallest absolute Gasteiger partial charge is 0.0991 e. The number of para-hydroxylation sites is 2. The lowest BCUT2D eigenvalue weighted by Gasteiger charge is -2.10. The summed E-state index contributed by atoms with van der Waals surface area (Å²) in [6.45, 7) is 0. The molecule has 0 saturated carbocycles. The van der Waals surface area contributed by atoms with E-state index in [1.54, 1.807) is 0 Å². The lowest BCUT2D eigenvalue weighted by Crippen LogP contribution is -1.94. The van der Waals surface area contributed by atoms with Gasteiger partial charge >= 0.3 is 0 Å². The molecule has 0 atom stereocenters. The molecule has 2 aromatic heterocycles. The molecule has 3 nitrogen and oxygen atoms in total. The van der Waals surface area contributed by atoms with Crippen LogP contribution in [-0.4, -0.2) is 9.13 Å². The van der Waals surface area contributed by atoms with Crippen LogP contribution in [0.25, 0.3) is 77.2 Å². The molecule has 7 aromatic carbocycles. The van der Waals surface area contributed by atoms with Gasteiger partial charge in [-0.1, -0.05) is 91.0 Å². The molecule has 0 aliphatic rings. The van der Waals surface area contributed by atoms with Gasteiger partial charge in [0.2, 0.25) is 0 Å². The first-order valence-electron chi connectivity index (χ1n) is 15.5. The van der Waals surface area contributed by atoms with Crippen molar-refractivity contribution in [3.8, 4) is 39.7 Å². The molecule has 0 fully saturated rings. The van der Waals surface area contributed by atoms with E-state index in [4.69, 9.17) is 0 Å². The van der Waals surface area contributed by atoms with E-state index < -0.39 is 0 Å². The first-order valence-corrected chi connectivity index (χ1v) is 15.5. The van der Waals surface area contributed by atoms with Crippen LogP contribution in [0, 0.1) is 11.3 Å². The van der Waals surface area contributed by atoms with Crippen molar-refractivity contribution < 1.29 is 0 Å². The Morgan fingerprint density at radius 1 is 0.348 bits per heavy atom. The number of rotatable bonds is 4.